The van der Waals surface area contributed by atoms with Gasteiger partial charge in [-0.25, -0.2) is 0 Å². The monoisotopic (exact) mass is 388 g/mol. The van der Waals surface area contributed by atoms with Gasteiger partial charge in [-0.2, -0.15) is 0 Å². The number of likely N-dealkylation sites (tertiary alicyclic amines) is 1. The summed E-state index contributed by atoms with van der Waals surface area (Å²) in [7, 11) is 0. The Morgan fingerprint density at radius 1 is 1.11 bits per heavy atom. The Labute approximate surface area is 167 Å². The lowest BCUT2D eigenvalue weighted by Crippen LogP contribution is -2.39. The van der Waals surface area contributed by atoms with Crippen LogP contribution in [0.5, 0.6) is 0 Å². The standard InChI is InChI=1S/C22H29ClN2O2/c23-19-12-10-17(11-13-19)14-15-24-21(26)8-3-9-22(27)25-16-4-6-18-5-1-2-7-20(18)25/h7,10-13,18H,1-6,8-9,14-16H2,(H,24,26). The van der Waals surface area contributed by atoms with Crippen molar-refractivity contribution in [1.82, 2.24) is 10.2 Å². The Balaban J connectivity index is 1.35. The molecule has 1 unspecified atom stereocenters. The summed E-state index contributed by atoms with van der Waals surface area (Å²) < 4.78 is 0. The molecule has 1 N–H and O–H groups in total. The average molecular weight is 389 g/mol. The molecule has 1 fully saturated rings. The van der Waals surface area contributed by atoms with Gasteiger partial charge in [-0.15, -0.1) is 0 Å². The molecule has 0 saturated carbocycles. The van der Waals surface area contributed by atoms with Crippen molar-refractivity contribution >= 4 is 23.4 Å². The number of carbonyl (C=O) groups excluding carboxylic acids is 2. The molecule has 2 amide bonds. The summed E-state index contributed by atoms with van der Waals surface area (Å²) in [5.74, 6) is 0.777. The summed E-state index contributed by atoms with van der Waals surface area (Å²) >= 11 is 5.87. The molecule has 2 aliphatic rings. The molecule has 1 aliphatic heterocycles. The largest absolute Gasteiger partial charge is 0.356 e. The van der Waals surface area contributed by atoms with Crippen molar-refractivity contribution in [3.05, 3.63) is 46.6 Å². The van der Waals surface area contributed by atoms with Crippen LogP contribution >= 0.6 is 11.6 Å². The number of rotatable bonds is 7. The predicted molar refractivity (Wildman–Crippen MR) is 108 cm³/mol. The lowest BCUT2D eigenvalue weighted by atomic mass is 9.85. The highest BCUT2D eigenvalue weighted by atomic mass is 35.5. The molecule has 0 aromatic heterocycles. The minimum atomic E-state index is 0.0187. The highest BCUT2D eigenvalue weighted by Crippen LogP contribution is 2.35. The van der Waals surface area contributed by atoms with E-state index in [9.17, 15) is 9.59 Å². The number of nitrogens with one attached hydrogen (secondary N) is 1. The molecular formula is C22H29ClN2O2. The Kier molecular flexibility index (Phi) is 7.33. The number of halogens is 1. The van der Waals surface area contributed by atoms with Crippen LogP contribution in [0.25, 0.3) is 0 Å². The molecule has 146 valence electrons. The van der Waals surface area contributed by atoms with Crippen molar-refractivity contribution in [2.75, 3.05) is 13.1 Å². The molecule has 27 heavy (non-hydrogen) atoms. The molecule has 1 heterocycles. The van der Waals surface area contributed by atoms with Crippen molar-refractivity contribution in [3.63, 3.8) is 0 Å². The predicted octanol–water partition coefficient (Wildman–Crippen LogP) is 4.48. The second kappa shape index (κ2) is 9.93. The molecule has 1 aliphatic carbocycles. The van der Waals surface area contributed by atoms with Crippen LogP contribution in [0.4, 0.5) is 0 Å². The number of benzene rings is 1. The summed E-state index contributed by atoms with van der Waals surface area (Å²) in [4.78, 5) is 26.6. The van der Waals surface area contributed by atoms with Gasteiger partial charge in [-0.1, -0.05) is 29.8 Å². The van der Waals surface area contributed by atoms with Crippen molar-refractivity contribution in [3.8, 4) is 0 Å². The van der Waals surface area contributed by atoms with Crippen LogP contribution in [0.2, 0.25) is 5.02 Å². The van der Waals surface area contributed by atoms with E-state index in [0.717, 1.165) is 36.4 Å². The summed E-state index contributed by atoms with van der Waals surface area (Å²) in [5, 5.41) is 3.66. The molecule has 1 atom stereocenters. The van der Waals surface area contributed by atoms with E-state index < -0.39 is 0 Å². The van der Waals surface area contributed by atoms with Crippen LogP contribution in [-0.2, 0) is 16.0 Å². The molecule has 5 heteroatoms. The Morgan fingerprint density at radius 2 is 1.89 bits per heavy atom. The van der Waals surface area contributed by atoms with E-state index >= 15 is 0 Å². The van der Waals surface area contributed by atoms with Crippen LogP contribution in [0, 0.1) is 5.92 Å². The first-order valence-corrected chi connectivity index (χ1v) is 10.5. The summed E-state index contributed by atoms with van der Waals surface area (Å²) in [6.45, 7) is 1.45. The van der Waals surface area contributed by atoms with Crippen LogP contribution in [0.1, 0.15) is 56.9 Å². The normalized spacial score (nSPS) is 19.2. The maximum Gasteiger partial charge on any atom is 0.226 e. The fourth-order valence-electron chi connectivity index (χ4n) is 4.07. The van der Waals surface area contributed by atoms with Gasteiger partial charge in [0.2, 0.25) is 11.8 Å². The first kappa shape index (κ1) is 19.9. The molecule has 0 bridgehead atoms. The molecule has 1 aromatic rings. The summed E-state index contributed by atoms with van der Waals surface area (Å²) in [6.07, 6.45) is 10.4. The van der Waals surface area contributed by atoms with Crippen LogP contribution < -0.4 is 5.32 Å². The van der Waals surface area contributed by atoms with Crippen molar-refractivity contribution in [2.24, 2.45) is 5.92 Å². The third-order valence-electron chi connectivity index (χ3n) is 5.52. The van der Waals surface area contributed by atoms with Gasteiger partial charge in [0.15, 0.2) is 0 Å². The third kappa shape index (κ3) is 5.83. The van der Waals surface area contributed by atoms with Gasteiger partial charge in [-0.3, -0.25) is 9.59 Å². The quantitative estimate of drug-likeness (QED) is 0.748. The molecule has 0 radical (unpaired) electrons. The van der Waals surface area contributed by atoms with Crippen molar-refractivity contribution in [2.45, 2.75) is 57.8 Å². The number of fused-ring (bicyclic) bond motifs is 1. The second-order valence-electron chi connectivity index (χ2n) is 7.52. The fourth-order valence-corrected chi connectivity index (χ4v) is 4.19. The van der Waals surface area contributed by atoms with Gasteiger partial charge in [0.25, 0.3) is 0 Å². The molecular weight excluding hydrogens is 360 g/mol. The van der Waals surface area contributed by atoms with Crippen LogP contribution in [0.3, 0.4) is 0 Å². The fraction of sp³-hybridized carbons (Fsp3) is 0.545. The van der Waals surface area contributed by atoms with Crippen molar-refractivity contribution in [1.29, 1.82) is 0 Å². The molecule has 0 spiro atoms. The Bertz CT molecular complexity index is 684. The van der Waals surface area contributed by atoms with Gasteiger partial charge in [-0.05, 0) is 68.6 Å². The van der Waals surface area contributed by atoms with E-state index in [-0.39, 0.29) is 11.8 Å². The number of allylic oxidation sites excluding steroid dienone is 2. The van der Waals surface area contributed by atoms with Crippen LogP contribution in [0.15, 0.2) is 36.0 Å². The van der Waals surface area contributed by atoms with Crippen LogP contribution in [-0.4, -0.2) is 29.8 Å². The zero-order valence-corrected chi connectivity index (χ0v) is 16.6. The van der Waals surface area contributed by atoms with E-state index in [0.29, 0.717) is 31.7 Å². The average Bonchev–Trinajstić information content (AvgIpc) is 2.69. The molecule has 1 saturated heterocycles. The van der Waals surface area contributed by atoms with Gasteiger partial charge >= 0.3 is 0 Å². The number of nitrogens with zero attached hydrogens (tertiary/aromatic N) is 1. The Hall–Kier alpha value is -1.81. The van der Waals surface area contributed by atoms with Gasteiger partial charge in [0.05, 0.1) is 0 Å². The maximum atomic E-state index is 12.6. The lowest BCUT2D eigenvalue weighted by molar-refractivity contribution is -0.130. The van der Waals surface area contributed by atoms with Gasteiger partial charge in [0.1, 0.15) is 0 Å². The first-order chi connectivity index (χ1) is 13.1. The third-order valence-corrected chi connectivity index (χ3v) is 5.77. The highest BCUT2D eigenvalue weighted by molar-refractivity contribution is 6.30. The minimum absolute atomic E-state index is 0.0187. The van der Waals surface area contributed by atoms with Crippen molar-refractivity contribution < 1.29 is 9.59 Å². The summed E-state index contributed by atoms with van der Waals surface area (Å²) in [5.41, 5.74) is 2.40. The molecule has 1 aromatic carbocycles. The van der Waals surface area contributed by atoms with E-state index in [4.69, 9.17) is 11.6 Å². The second-order valence-corrected chi connectivity index (χ2v) is 7.96. The SMILES string of the molecule is O=C(CCCC(=O)N1CCCC2CCCC=C21)NCCc1ccc(Cl)cc1. The minimum Gasteiger partial charge on any atom is -0.356 e. The lowest BCUT2D eigenvalue weighted by Gasteiger charge is -2.38. The van der Waals surface area contributed by atoms with Gasteiger partial charge < -0.3 is 10.2 Å². The highest BCUT2D eigenvalue weighted by Gasteiger charge is 2.29. The number of carbonyl (C=O) groups is 2. The van der Waals surface area contributed by atoms with E-state index in [2.05, 4.69) is 11.4 Å². The van der Waals surface area contributed by atoms with E-state index in [1.807, 2.05) is 29.2 Å². The summed E-state index contributed by atoms with van der Waals surface area (Å²) in [6, 6.07) is 7.66. The number of piperidine rings is 1. The first-order valence-electron chi connectivity index (χ1n) is 10.1. The zero-order chi connectivity index (χ0) is 19.1. The van der Waals surface area contributed by atoms with E-state index in [1.54, 1.807) is 0 Å². The Morgan fingerprint density at radius 3 is 2.70 bits per heavy atom. The molecule has 3 rings (SSSR count). The smallest absolute Gasteiger partial charge is 0.226 e. The van der Waals surface area contributed by atoms with Gasteiger partial charge in [0, 0.05) is 36.7 Å². The number of hydrogen-bond donors (Lipinski definition) is 1. The maximum absolute atomic E-state index is 12.6. The van der Waals surface area contributed by atoms with E-state index in [1.165, 1.54) is 25.0 Å². The number of hydrogen-bond acceptors (Lipinski definition) is 2. The topological polar surface area (TPSA) is 49.4 Å². The molecule has 4 nitrogen and oxygen atoms in total. The zero-order valence-electron chi connectivity index (χ0n) is 15.9. The number of amides is 2.